The van der Waals surface area contributed by atoms with Gasteiger partial charge in [-0.1, -0.05) is 63.5 Å². The van der Waals surface area contributed by atoms with Gasteiger partial charge in [-0.05, 0) is 62.9 Å². The van der Waals surface area contributed by atoms with Crippen molar-refractivity contribution in [2.45, 2.75) is 83.7 Å². The monoisotopic (exact) mass is 466 g/mol. The number of aliphatic carboxylic acids is 1. The fourth-order valence-electron chi connectivity index (χ4n) is 4.75. The summed E-state index contributed by atoms with van der Waals surface area (Å²) in [6.45, 7) is 5.71. The molecule has 0 saturated carbocycles. The number of hydrogen-bond acceptors (Lipinski definition) is 5. The molecule has 1 atom stereocenters. The quantitative estimate of drug-likeness (QED) is 0.310. The number of fused-ring (bicyclic) bond motifs is 1. The average molecular weight is 467 g/mol. The van der Waals surface area contributed by atoms with Crippen molar-refractivity contribution in [1.82, 2.24) is 4.90 Å². The molecule has 0 aliphatic carbocycles. The van der Waals surface area contributed by atoms with E-state index < -0.39 is 12.1 Å². The second kappa shape index (κ2) is 12.5. The number of nitrogens with two attached hydrogens (primary N) is 1. The van der Waals surface area contributed by atoms with Gasteiger partial charge in [0.2, 0.25) is 6.10 Å². The van der Waals surface area contributed by atoms with Crippen LogP contribution >= 0.6 is 11.6 Å². The second-order valence-electron chi connectivity index (χ2n) is 9.31. The zero-order chi connectivity index (χ0) is 22.9. The molecule has 1 fully saturated rings. The molecule has 1 unspecified atom stereocenters. The zero-order valence-electron chi connectivity index (χ0n) is 19.4. The van der Waals surface area contributed by atoms with Gasteiger partial charge in [0.1, 0.15) is 6.61 Å². The third-order valence-corrected chi connectivity index (χ3v) is 7.07. The van der Waals surface area contributed by atoms with Gasteiger partial charge in [0.25, 0.3) is 0 Å². The second-order valence-corrected chi connectivity index (χ2v) is 9.72. The van der Waals surface area contributed by atoms with Crippen LogP contribution in [0.4, 0.5) is 5.69 Å². The maximum Gasteiger partial charge on any atom is 0.348 e. The number of likely N-dealkylation sites (tertiary alicyclic amines) is 1. The summed E-state index contributed by atoms with van der Waals surface area (Å²) in [5.41, 5.74) is 7.26. The molecule has 180 valence electrons. The number of halogens is 1. The Morgan fingerprint density at radius 1 is 1.12 bits per heavy atom. The molecule has 3 N–H and O–H groups in total. The minimum Gasteiger partial charge on any atom is -0.485 e. The van der Waals surface area contributed by atoms with Crippen LogP contribution in [0.25, 0.3) is 0 Å². The highest BCUT2D eigenvalue weighted by Crippen LogP contribution is 2.45. The van der Waals surface area contributed by atoms with Crippen molar-refractivity contribution in [1.29, 1.82) is 0 Å². The maximum atomic E-state index is 11.3. The van der Waals surface area contributed by atoms with Crippen LogP contribution < -0.4 is 15.2 Å². The minimum absolute atomic E-state index is 0.0204. The highest BCUT2D eigenvalue weighted by Gasteiger charge is 2.32. The molecule has 0 aromatic heterocycles. The number of hydrogen-bond donors (Lipinski definition) is 2. The van der Waals surface area contributed by atoms with Gasteiger partial charge in [0, 0.05) is 0 Å². The highest BCUT2D eigenvalue weighted by molar-refractivity contribution is 6.33. The lowest BCUT2D eigenvalue weighted by Crippen LogP contribution is -2.37. The largest absolute Gasteiger partial charge is 0.485 e. The zero-order valence-corrected chi connectivity index (χ0v) is 20.2. The molecule has 0 bridgehead atoms. The van der Waals surface area contributed by atoms with E-state index in [1.165, 1.54) is 57.9 Å². The Kier molecular flexibility index (Phi) is 9.79. The topological polar surface area (TPSA) is 85.0 Å². The molecule has 0 spiro atoms. The van der Waals surface area contributed by atoms with Crippen LogP contribution in [-0.4, -0.2) is 48.3 Å². The van der Waals surface area contributed by atoms with E-state index in [2.05, 4.69) is 11.8 Å². The molecule has 2 aliphatic rings. The van der Waals surface area contributed by atoms with Gasteiger partial charge >= 0.3 is 5.97 Å². The maximum absolute atomic E-state index is 11.3. The summed E-state index contributed by atoms with van der Waals surface area (Å²) < 4.78 is 11.4. The van der Waals surface area contributed by atoms with Crippen molar-refractivity contribution in [3.05, 3.63) is 16.7 Å². The van der Waals surface area contributed by atoms with Gasteiger partial charge in [-0.25, -0.2) is 4.79 Å². The number of carboxylic acids is 1. The fraction of sp³-hybridized carbons (Fsp3) is 0.720. The molecule has 7 heteroatoms. The molecular formula is C25H39ClN2O4. The van der Waals surface area contributed by atoms with E-state index in [1.807, 2.05) is 6.07 Å². The normalized spacial score (nSPS) is 19.2. The summed E-state index contributed by atoms with van der Waals surface area (Å²) in [6, 6.07) is 1.85. The molecule has 0 amide bonds. The first-order valence-electron chi connectivity index (χ1n) is 12.3. The number of unbranched alkanes of at least 4 members (excludes halogenated alkanes) is 7. The van der Waals surface area contributed by atoms with Gasteiger partial charge in [0.05, 0.1) is 10.7 Å². The lowest BCUT2D eigenvalue weighted by Gasteiger charge is -2.33. The molecule has 3 rings (SSSR count). The molecule has 1 aromatic carbocycles. The molecule has 32 heavy (non-hydrogen) atoms. The van der Waals surface area contributed by atoms with Gasteiger partial charge in [-0.3, -0.25) is 0 Å². The Labute approximate surface area is 197 Å². The molecule has 2 heterocycles. The van der Waals surface area contributed by atoms with Gasteiger partial charge in [-0.2, -0.15) is 0 Å². The van der Waals surface area contributed by atoms with Crippen LogP contribution in [-0.2, 0) is 11.2 Å². The van der Waals surface area contributed by atoms with Crippen molar-refractivity contribution in [2.75, 3.05) is 32.0 Å². The number of ether oxygens (including phenoxy) is 2. The van der Waals surface area contributed by atoms with Gasteiger partial charge in [0.15, 0.2) is 11.5 Å². The molecule has 6 nitrogen and oxygen atoms in total. The van der Waals surface area contributed by atoms with E-state index in [-0.39, 0.29) is 18.0 Å². The average Bonchev–Trinajstić information content (AvgIpc) is 2.79. The van der Waals surface area contributed by atoms with E-state index in [9.17, 15) is 9.90 Å². The smallest absolute Gasteiger partial charge is 0.348 e. The predicted octanol–water partition coefficient (Wildman–Crippen LogP) is 5.54. The first-order chi connectivity index (χ1) is 15.5. The Bertz CT molecular complexity index is 750. The molecular weight excluding hydrogens is 428 g/mol. The van der Waals surface area contributed by atoms with Crippen LogP contribution in [0.2, 0.25) is 5.02 Å². The van der Waals surface area contributed by atoms with Crippen LogP contribution in [0.1, 0.15) is 76.7 Å². The third-order valence-electron chi connectivity index (χ3n) is 6.76. The first-order valence-corrected chi connectivity index (χ1v) is 12.7. The summed E-state index contributed by atoms with van der Waals surface area (Å²) >= 11 is 6.32. The van der Waals surface area contributed by atoms with E-state index in [0.29, 0.717) is 16.7 Å². The first kappa shape index (κ1) is 25.0. The summed E-state index contributed by atoms with van der Waals surface area (Å²) in [4.78, 5) is 13.9. The molecule has 2 aliphatic heterocycles. The number of carboxylic acid groups (broad SMARTS) is 1. The van der Waals surface area contributed by atoms with Crippen molar-refractivity contribution in [3.8, 4) is 11.5 Å². The molecule has 0 radical (unpaired) electrons. The summed E-state index contributed by atoms with van der Waals surface area (Å²) in [7, 11) is 0. The Morgan fingerprint density at radius 3 is 2.44 bits per heavy atom. The lowest BCUT2D eigenvalue weighted by atomic mass is 9.89. The van der Waals surface area contributed by atoms with Gasteiger partial charge < -0.3 is 25.2 Å². The fourth-order valence-corrected chi connectivity index (χ4v) is 4.97. The van der Waals surface area contributed by atoms with Crippen LogP contribution in [0, 0.1) is 5.92 Å². The van der Waals surface area contributed by atoms with E-state index in [4.69, 9.17) is 26.8 Å². The number of anilines is 1. The predicted molar refractivity (Wildman–Crippen MR) is 129 cm³/mol. The standard InChI is InChI=1S/C25H39ClN2O4/c1-2-3-4-5-6-7-8-9-12-28-13-10-18(11-14-28)15-19-16-20(26)22(27)24-23(19)31-17-21(32-24)25(29)30/h16,18,21H,2-15,17,27H2,1H3,(H,29,30). The van der Waals surface area contributed by atoms with Crippen molar-refractivity contribution in [3.63, 3.8) is 0 Å². The number of piperidine rings is 1. The Balaban J connectivity index is 1.43. The van der Waals surface area contributed by atoms with Crippen LogP contribution in [0.15, 0.2) is 6.07 Å². The number of benzene rings is 1. The van der Waals surface area contributed by atoms with E-state index >= 15 is 0 Å². The van der Waals surface area contributed by atoms with Crippen LogP contribution in [0.3, 0.4) is 0 Å². The Hall–Kier alpha value is -1.66. The minimum atomic E-state index is -1.07. The number of carbonyl (C=O) groups is 1. The molecule has 1 saturated heterocycles. The number of rotatable bonds is 12. The highest BCUT2D eigenvalue weighted by atomic mass is 35.5. The van der Waals surface area contributed by atoms with E-state index in [1.54, 1.807) is 0 Å². The van der Waals surface area contributed by atoms with Crippen molar-refractivity contribution in [2.24, 2.45) is 5.92 Å². The summed E-state index contributed by atoms with van der Waals surface area (Å²) in [5, 5.41) is 9.62. The Morgan fingerprint density at radius 2 is 1.78 bits per heavy atom. The van der Waals surface area contributed by atoms with Crippen LogP contribution in [0.5, 0.6) is 11.5 Å². The lowest BCUT2D eigenvalue weighted by molar-refractivity contribution is -0.147. The summed E-state index contributed by atoms with van der Waals surface area (Å²) in [6.07, 6.45) is 12.9. The van der Waals surface area contributed by atoms with Crippen molar-refractivity contribution >= 4 is 23.3 Å². The van der Waals surface area contributed by atoms with E-state index in [0.717, 1.165) is 37.9 Å². The third kappa shape index (κ3) is 6.92. The summed E-state index contributed by atoms with van der Waals surface area (Å²) in [5.74, 6) is 0.318. The van der Waals surface area contributed by atoms with Crippen molar-refractivity contribution < 1.29 is 19.4 Å². The molecule has 1 aromatic rings. The van der Waals surface area contributed by atoms with Gasteiger partial charge in [-0.15, -0.1) is 0 Å². The number of nitrogens with zero attached hydrogens (tertiary/aromatic N) is 1. The number of nitrogen functional groups attached to an aromatic ring is 1. The SMILES string of the molecule is CCCCCCCCCCN1CCC(Cc2cc(Cl)c(N)c3c2OCC(C(=O)O)O3)CC1.